The Balaban J connectivity index is 2.16. The van der Waals surface area contributed by atoms with Crippen molar-refractivity contribution in [3.63, 3.8) is 0 Å². The van der Waals surface area contributed by atoms with Gasteiger partial charge in [-0.3, -0.25) is 4.79 Å². The van der Waals surface area contributed by atoms with Crippen LogP contribution in [0, 0.1) is 0 Å². The number of aromatic amines is 1. The minimum absolute atomic E-state index is 0.102. The lowest BCUT2D eigenvalue weighted by molar-refractivity contribution is 1.18. The van der Waals surface area contributed by atoms with Gasteiger partial charge in [-0.1, -0.05) is 24.3 Å². The van der Waals surface area contributed by atoms with Crippen molar-refractivity contribution in [1.29, 1.82) is 0 Å². The van der Waals surface area contributed by atoms with Crippen LogP contribution < -0.4 is 5.56 Å². The van der Waals surface area contributed by atoms with Crippen molar-refractivity contribution in [2.75, 3.05) is 6.26 Å². The number of thioether (sulfide) groups is 1. The summed E-state index contributed by atoms with van der Waals surface area (Å²) in [6, 6.07) is 15.3. The Bertz CT molecular complexity index is 778. The number of hydrogen-bond acceptors (Lipinski definition) is 3. The molecule has 0 fully saturated rings. The van der Waals surface area contributed by atoms with E-state index in [-0.39, 0.29) is 5.56 Å². The van der Waals surface area contributed by atoms with Crippen molar-refractivity contribution < 1.29 is 0 Å². The van der Waals surface area contributed by atoms with Gasteiger partial charge in [0, 0.05) is 10.5 Å². The lowest BCUT2D eigenvalue weighted by Crippen LogP contribution is -2.09. The number of nitrogens with zero attached hydrogens (tertiary/aromatic N) is 1. The number of fused-ring (bicyclic) bond motifs is 1. The Hall–Kier alpha value is -2.07. The first-order chi connectivity index (χ1) is 9.28. The molecule has 0 unspecified atom stereocenters. The number of rotatable bonds is 2. The quantitative estimate of drug-likeness (QED) is 0.725. The molecule has 0 aliphatic carbocycles. The fraction of sp³-hybridized carbons (Fsp3) is 0.0667. The van der Waals surface area contributed by atoms with Crippen LogP contribution >= 0.6 is 11.8 Å². The van der Waals surface area contributed by atoms with Gasteiger partial charge in [-0.15, -0.1) is 11.8 Å². The first-order valence-corrected chi connectivity index (χ1v) is 7.14. The zero-order chi connectivity index (χ0) is 13.2. The van der Waals surface area contributed by atoms with Crippen LogP contribution in [0.4, 0.5) is 0 Å². The Labute approximate surface area is 114 Å². The number of aromatic nitrogens is 2. The van der Waals surface area contributed by atoms with Gasteiger partial charge in [-0.05, 0) is 30.5 Å². The second-order valence-corrected chi connectivity index (χ2v) is 5.04. The highest BCUT2D eigenvalue weighted by molar-refractivity contribution is 7.98. The Morgan fingerprint density at radius 3 is 2.53 bits per heavy atom. The molecule has 3 rings (SSSR count). The van der Waals surface area contributed by atoms with E-state index in [4.69, 9.17) is 0 Å². The first-order valence-electron chi connectivity index (χ1n) is 5.91. The Morgan fingerprint density at radius 1 is 1.05 bits per heavy atom. The summed E-state index contributed by atoms with van der Waals surface area (Å²) in [5.74, 6) is 0.608. The minimum atomic E-state index is -0.102. The molecule has 0 aliphatic heterocycles. The molecule has 3 aromatic rings. The molecule has 0 saturated heterocycles. The molecule has 0 bridgehead atoms. The molecule has 0 amide bonds. The average Bonchev–Trinajstić information content (AvgIpc) is 2.47. The van der Waals surface area contributed by atoms with E-state index in [0.717, 1.165) is 11.1 Å². The highest BCUT2D eigenvalue weighted by atomic mass is 32.2. The summed E-state index contributed by atoms with van der Waals surface area (Å²) in [6.07, 6.45) is 2.03. The fourth-order valence-electron chi connectivity index (χ4n) is 1.97. The maximum atomic E-state index is 12.0. The fourth-order valence-corrected chi connectivity index (χ4v) is 2.38. The van der Waals surface area contributed by atoms with Crippen molar-refractivity contribution in [2.45, 2.75) is 4.90 Å². The van der Waals surface area contributed by atoms with Crippen LogP contribution in [0.15, 0.2) is 58.2 Å². The number of benzene rings is 2. The van der Waals surface area contributed by atoms with E-state index in [1.54, 1.807) is 17.8 Å². The molecule has 1 N–H and O–H groups in total. The van der Waals surface area contributed by atoms with Crippen molar-refractivity contribution in [2.24, 2.45) is 0 Å². The summed E-state index contributed by atoms with van der Waals surface area (Å²) < 4.78 is 0. The monoisotopic (exact) mass is 268 g/mol. The second-order valence-electron chi connectivity index (χ2n) is 4.16. The van der Waals surface area contributed by atoms with E-state index < -0.39 is 0 Å². The number of hydrogen-bond donors (Lipinski definition) is 1. The van der Waals surface area contributed by atoms with E-state index >= 15 is 0 Å². The Kier molecular flexibility index (Phi) is 3.09. The van der Waals surface area contributed by atoms with Gasteiger partial charge < -0.3 is 4.98 Å². The molecule has 19 heavy (non-hydrogen) atoms. The highest BCUT2D eigenvalue weighted by Gasteiger charge is 2.05. The number of para-hydroxylation sites is 1. The molecule has 0 radical (unpaired) electrons. The van der Waals surface area contributed by atoms with Crippen LogP contribution in [-0.4, -0.2) is 16.2 Å². The predicted molar refractivity (Wildman–Crippen MR) is 79.6 cm³/mol. The molecule has 0 atom stereocenters. The highest BCUT2D eigenvalue weighted by Crippen LogP contribution is 2.20. The molecule has 1 aromatic heterocycles. The number of nitrogens with one attached hydrogen (secondary N) is 1. The molecule has 0 spiro atoms. The van der Waals surface area contributed by atoms with Gasteiger partial charge in [0.25, 0.3) is 5.56 Å². The standard InChI is InChI=1S/C15H12N2OS/c1-19-11-8-6-10(7-9-11)14-16-13-5-3-2-4-12(13)15(18)17-14/h2-9H,1H3,(H,16,17,18). The van der Waals surface area contributed by atoms with E-state index in [0.29, 0.717) is 11.2 Å². The lowest BCUT2D eigenvalue weighted by atomic mass is 10.2. The van der Waals surface area contributed by atoms with Crippen LogP contribution in [0.25, 0.3) is 22.3 Å². The minimum Gasteiger partial charge on any atom is -0.306 e. The van der Waals surface area contributed by atoms with Crippen molar-refractivity contribution in [3.05, 3.63) is 58.9 Å². The van der Waals surface area contributed by atoms with Gasteiger partial charge in [0.2, 0.25) is 0 Å². The summed E-state index contributed by atoms with van der Waals surface area (Å²) in [4.78, 5) is 20.5. The molecule has 4 heteroatoms. The van der Waals surface area contributed by atoms with Crippen LogP contribution in [-0.2, 0) is 0 Å². The summed E-state index contributed by atoms with van der Waals surface area (Å²) in [5.41, 5.74) is 1.53. The molecular weight excluding hydrogens is 256 g/mol. The van der Waals surface area contributed by atoms with Gasteiger partial charge in [0.1, 0.15) is 5.82 Å². The molecule has 3 nitrogen and oxygen atoms in total. The molecule has 1 heterocycles. The van der Waals surface area contributed by atoms with E-state index in [1.165, 1.54) is 4.90 Å². The van der Waals surface area contributed by atoms with Crippen molar-refractivity contribution >= 4 is 22.7 Å². The lowest BCUT2D eigenvalue weighted by Gasteiger charge is -2.04. The van der Waals surface area contributed by atoms with E-state index in [1.807, 2.05) is 48.7 Å². The predicted octanol–water partition coefficient (Wildman–Crippen LogP) is 3.31. The Morgan fingerprint density at radius 2 is 1.79 bits per heavy atom. The molecular formula is C15H12N2OS. The van der Waals surface area contributed by atoms with Gasteiger partial charge in [-0.25, -0.2) is 4.98 Å². The van der Waals surface area contributed by atoms with Gasteiger partial charge in [0.05, 0.1) is 10.9 Å². The largest absolute Gasteiger partial charge is 0.306 e. The average molecular weight is 268 g/mol. The first kappa shape index (κ1) is 12.0. The van der Waals surface area contributed by atoms with Crippen molar-refractivity contribution in [3.8, 4) is 11.4 Å². The third-order valence-corrected chi connectivity index (χ3v) is 3.72. The van der Waals surface area contributed by atoms with E-state index in [9.17, 15) is 4.79 Å². The van der Waals surface area contributed by atoms with Gasteiger partial charge in [0.15, 0.2) is 0 Å². The summed E-state index contributed by atoms with van der Waals surface area (Å²) >= 11 is 1.69. The van der Waals surface area contributed by atoms with Gasteiger partial charge >= 0.3 is 0 Å². The summed E-state index contributed by atoms with van der Waals surface area (Å²) in [5, 5.41) is 0.618. The summed E-state index contributed by atoms with van der Waals surface area (Å²) in [7, 11) is 0. The molecule has 2 aromatic carbocycles. The SMILES string of the molecule is CSc1ccc(-c2nc3ccccc3c(=O)[nH]2)cc1. The molecule has 0 aliphatic rings. The smallest absolute Gasteiger partial charge is 0.259 e. The normalized spacial score (nSPS) is 10.8. The zero-order valence-corrected chi connectivity index (χ0v) is 11.2. The van der Waals surface area contributed by atoms with E-state index in [2.05, 4.69) is 9.97 Å². The third kappa shape index (κ3) is 2.27. The maximum absolute atomic E-state index is 12.0. The van der Waals surface area contributed by atoms with Crippen LogP contribution in [0.3, 0.4) is 0 Å². The number of H-pyrrole nitrogens is 1. The molecule has 94 valence electrons. The van der Waals surface area contributed by atoms with Gasteiger partial charge in [-0.2, -0.15) is 0 Å². The van der Waals surface area contributed by atoms with Crippen LogP contribution in [0.5, 0.6) is 0 Å². The molecule has 0 saturated carbocycles. The third-order valence-electron chi connectivity index (χ3n) is 2.98. The topological polar surface area (TPSA) is 45.8 Å². The summed E-state index contributed by atoms with van der Waals surface area (Å²) in [6.45, 7) is 0. The second kappa shape index (κ2) is 4.90. The van der Waals surface area contributed by atoms with Crippen molar-refractivity contribution in [1.82, 2.24) is 9.97 Å². The maximum Gasteiger partial charge on any atom is 0.259 e. The van der Waals surface area contributed by atoms with Crippen LogP contribution in [0.1, 0.15) is 0 Å². The van der Waals surface area contributed by atoms with Crippen LogP contribution in [0.2, 0.25) is 0 Å². The zero-order valence-electron chi connectivity index (χ0n) is 10.4.